The molecule has 0 fully saturated rings. The van der Waals surface area contributed by atoms with Crippen molar-refractivity contribution in [3.05, 3.63) is 35.9 Å². The summed E-state index contributed by atoms with van der Waals surface area (Å²) in [5.74, 6) is -0.647. The summed E-state index contributed by atoms with van der Waals surface area (Å²) in [5.41, 5.74) is 1.32. The van der Waals surface area contributed by atoms with E-state index in [-0.39, 0.29) is 18.5 Å². The quantitative estimate of drug-likeness (QED) is 0.627. The SMILES string of the molecule is CC(=N)C(C(=O)OCc1ccccc1)C(C)C. The van der Waals surface area contributed by atoms with Gasteiger partial charge < -0.3 is 10.1 Å². The van der Waals surface area contributed by atoms with Gasteiger partial charge in [-0.3, -0.25) is 4.79 Å². The van der Waals surface area contributed by atoms with Gasteiger partial charge in [0.2, 0.25) is 0 Å². The van der Waals surface area contributed by atoms with Gasteiger partial charge in [0.25, 0.3) is 0 Å². The second-order valence-electron chi connectivity index (χ2n) is 4.50. The third kappa shape index (κ3) is 4.02. The lowest BCUT2D eigenvalue weighted by atomic mass is 9.92. The molecular formula is C14H19NO2. The molecular weight excluding hydrogens is 214 g/mol. The van der Waals surface area contributed by atoms with E-state index in [9.17, 15) is 4.79 Å². The first kappa shape index (κ1) is 13.4. The third-order valence-electron chi connectivity index (χ3n) is 2.61. The fraction of sp³-hybridized carbons (Fsp3) is 0.429. The number of esters is 1. The minimum Gasteiger partial charge on any atom is -0.460 e. The van der Waals surface area contributed by atoms with Crippen molar-refractivity contribution in [3.63, 3.8) is 0 Å². The number of hydrogen-bond acceptors (Lipinski definition) is 3. The molecule has 0 radical (unpaired) electrons. The van der Waals surface area contributed by atoms with Crippen LogP contribution in [-0.2, 0) is 16.1 Å². The van der Waals surface area contributed by atoms with Gasteiger partial charge in [0.15, 0.2) is 0 Å². The van der Waals surface area contributed by atoms with Gasteiger partial charge in [-0.2, -0.15) is 0 Å². The molecule has 0 saturated carbocycles. The summed E-state index contributed by atoms with van der Waals surface area (Å²) in [5, 5.41) is 7.59. The molecule has 3 heteroatoms. The average Bonchev–Trinajstić information content (AvgIpc) is 2.27. The van der Waals surface area contributed by atoms with E-state index in [1.165, 1.54) is 0 Å². The second kappa shape index (κ2) is 6.18. The van der Waals surface area contributed by atoms with E-state index in [1.807, 2.05) is 44.2 Å². The Hall–Kier alpha value is -1.64. The fourth-order valence-electron chi connectivity index (χ4n) is 1.77. The Labute approximate surface area is 102 Å². The molecule has 0 aliphatic rings. The van der Waals surface area contributed by atoms with Gasteiger partial charge in [-0.1, -0.05) is 44.2 Å². The predicted molar refractivity (Wildman–Crippen MR) is 68.0 cm³/mol. The highest BCUT2D eigenvalue weighted by Gasteiger charge is 2.25. The lowest BCUT2D eigenvalue weighted by molar-refractivity contribution is -0.148. The van der Waals surface area contributed by atoms with Crippen molar-refractivity contribution in [2.45, 2.75) is 27.4 Å². The molecule has 1 aromatic carbocycles. The van der Waals surface area contributed by atoms with E-state index >= 15 is 0 Å². The number of carbonyl (C=O) groups excluding carboxylic acids is 1. The molecule has 92 valence electrons. The van der Waals surface area contributed by atoms with Crippen molar-refractivity contribution in [2.24, 2.45) is 11.8 Å². The molecule has 1 unspecified atom stereocenters. The molecule has 0 amide bonds. The van der Waals surface area contributed by atoms with Gasteiger partial charge in [-0.15, -0.1) is 0 Å². The molecule has 0 aliphatic carbocycles. The summed E-state index contributed by atoms with van der Waals surface area (Å²) < 4.78 is 5.23. The van der Waals surface area contributed by atoms with Crippen LogP contribution in [0, 0.1) is 17.2 Å². The summed E-state index contributed by atoms with van der Waals surface area (Å²) in [7, 11) is 0. The minimum absolute atomic E-state index is 0.0933. The van der Waals surface area contributed by atoms with Crippen LogP contribution in [0.1, 0.15) is 26.3 Å². The van der Waals surface area contributed by atoms with E-state index in [2.05, 4.69) is 0 Å². The standard InChI is InChI=1S/C14H19NO2/c1-10(2)13(11(3)15)14(16)17-9-12-7-5-4-6-8-12/h4-8,10,13,15H,9H2,1-3H3. The number of benzene rings is 1. The Kier molecular flexibility index (Phi) is 4.88. The second-order valence-corrected chi connectivity index (χ2v) is 4.50. The van der Waals surface area contributed by atoms with Crippen molar-refractivity contribution < 1.29 is 9.53 Å². The number of nitrogens with one attached hydrogen (secondary N) is 1. The maximum Gasteiger partial charge on any atom is 0.315 e. The van der Waals surface area contributed by atoms with Crippen molar-refractivity contribution in [2.75, 3.05) is 0 Å². The van der Waals surface area contributed by atoms with Crippen LogP contribution in [0.25, 0.3) is 0 Å². The van der Waals surface area contributed by atoms with Gasteiger partial charge >= 0.3 is 5.97 Å². The zero-order valence-corrected chi connectivity index (χ0v) is 10.6. The van der Waals surface area contributed by atoms with Crippen LogP contribution >= 0.6 is 0 Å². The van der Waals surface area contributed by atoms with Gasteiger partial charge in [-0.05, 0) is 18.4 Å². The highest BCUT2D eigenvalue weighted by molar-refractivity contribution is 5.99. The Morgan fingerprint density at radius 3 is 2.35 bits per heavy atom. The smallest absolute Gasteiger partial charge is 0.315 e. The number of hydrogen-bond donors (Lipinski definition) is 1. The molecule has 0 saturated heterocycles. The number of rotatable bonds is 5. The Morgan fingerprint density at radius 2 is 1.88 bits per heavy atom. The maximum absolute atomic E-state index is 11.8. The lowest BCUT2D eigenvalue weighted by Gasteiger charge is -2.18. The zero-order valence-electron chi connectivity index (χ0n) is 10.6. The summed E-state index contributed by atoms with van der Waals surface area (Å²) in [6, 6.07) is 9.56. The molecule has 1 rings (SSSR count). The number of ether oxygens (including phenoxy) is 1. The van der Waals surface area contributed by atoms with Crippen molar-refractivity contribution in [3.8, 4) is 0 Å². The van der Waals surface area contributed by atoms with Crippen molar-refractivity contribution in [1.82, 2.24) is 0 Å². The number of carbonyl (C=O) groups is 1. The summed E-state index contributed by atoms with van der Waals surface area (Å²) in [6.45, 7) is 5.77. The largest absolute Gasteiger partial charge is 0.460 e. The first-order valence-electron chi connectivity index (χ1n) is 5.78. The first-order valence-corrected chi connectivity index (χ1v) is 5.78. The normalized spacial score (nSPS) is 12.2. The Balaban J connectivity index is 2.57. The lowest BCUT2D eigenvalue weighted by Crippen LogP contribution is -2.28. The van der Waals surface area contributed by atoms with E-state index in [0.29, 0.717) is 5.71 Å². The molecule has 0 heterocycles. The Morgan fingerprint density at radius 1 is 1.29 bits per heavy atom. The van der Waals surface area contributed by atoms with Crippen LogP contribution in [0.5, 0.6) is 0 Å². The van der Waals surface area contributed by atoms with Crippen molar-refractivity contribution in [1.29, 1.82) is 5.41 Å². The van der Waals surface area contributed by atoms with E-state index in [4.69, 9.17) is 10.1 Å². The first-order chi connectivity index (χ1) is 8.02. The van der Waals surface area contributed by atoms with Crippen LogP contribution < -0.4 is 0 Å². The van der Waals surface area contributed by atoms with Crippen LogP contribution in [0.2, 0.25) is 0 Å². The van der Waals surface area contributed by atoms with Gasteiger partial charge in [0.05, 0.1) is 5.92 Å². The predicted octanol–water partition coefficient (Wildman–Crippen LogP) is 3.04. The van der Waals surface area contributed by atoms with E-state index in [1.54, 1.807) is 6.92 Å². The van der Waals surface area contributed by atoms with Gasteiger partial charge in [0.1, 0.15) is 6.61 Å². The molecule has 0 bridgehead atoms. The van der Waals surface area contributed by atoms with Crippen molar-refractivity contribution >= 4 is 11.7 Å². The zero-order chi connectivity index (χ0) is 12.8. The van der Waals surface area contributed by atoms with Crippen LogP contribution in [0.15, 0.2) is 30.3 Å². The van der Waals surface area contributed by atoms with Gasteiger partial charge in [0, 0.05) is 5.71 Å². The average molecular weight is 233 g/mol. The molecule has 0 spiro atoms. The molecule has 0 aromatic heterocycles. The molecule has 1 N–H and O–H groups in total. The van der Waals surface area contributed by atoms with Crippen LogP contribution in [0.4, 0.5) is 0 Å². The van der Waals surface area contributed by atoms with Crippen LogP contribution in [0.3, 0.4) is 0 Å². The monoisotopic (exact) mass is 233 g/mol. The topological polar surface area (TPSA) is 50.2 Å². The maximum atomic E-state index is 11.8. The van der Waals surface area contributed by atoms with E-state index in [0.717, 1.165) is 5.56 Å². The Bertz CT molecular complexity index is 384. The third-order valence-corrected chi connectivity index (χ3v) is 2.61. The summed E-state index contributed by atoms with van der Waals surface area (Å²) in [6.07, 6.45) is 0. The minimum atomic E-state index is -0.432. The highest BCUT2D eigenvalue weighted by atomic mass is 16.5. The van der Waals surface area contributed by atoms with E-state index < -0.39 is 5.92 Å². The molecule has 1 aromatic rings. The van der Waals surface area contributed by atoms with Gasteiger partial charge in [-0.25, -0.2) is 0 Å². The fourth-order valence-corrected chi connectivity index (χ4v) is 1.77. The summed E-state index contributed by atoms with van der Waals surface area (Å²) in [4.78, 5) is 11.8. The molecule has 0 aliphatic heterocycles. The molecule has 17 heavy (non-hydrogen) atoms. The summed E-state index contributed by atoms with van der Waals surface area (Å²) >= 11 is 0. The highest BCUT2D eigenvalue weighted by Crippen LogP contribution is 2.15. The molecule has 1 atom stereocenters. The molecule has 3 nitrogen and oxygen atoms in total. The van der Waals surface area contributed by atoms with Crippen LogP contribution in [-0.4, -0.2) is 11.7 Å².